The van der Waals surface area contributed by atoms with Gasteiger partial charge < -0.3 is 15.6 Å². The van der Waals surface area contributed by atoms with Gasteiger partial charge in [0.25, 0.3) is 0 Å². The van der Waals surface area contributed by atoms with E-state index in [0.29, 0.717) is 16.8 Å². The van der Waals surface area contributed by atoms with E-state index in [2.05, 4.69) is 16.5 Å². The van der Waals surface area contributed by atoms with Crippen LogP contribution in [0.15, 0.2) is 47.3 Å². The molecule has 0 fully saturated rings. The van der Waals surface area contributed by atoms with Gasteiger partial charge in [-0.1, -0.05) is 11.2 Å². The number of nitrogens with zero attached hydrogens (tertiary/aromatic N) is 2. The van der Waals surface area contributed by atoms with Crippen LogP contribution in [0.4, 0.5) is 11.4 Å². The number of nitriles is 1. The summed E-state index contributed by atoms with van der Waals surface area (Å²) in [5.74, 6) is 0. The molecular weight excluding hydrogens is 338 g/mol. The van der Waals surface area contributed by atoms with Crippen molar-refractivity contribution in [1.82, 2.24) is 5.16 Å². The molecule has 27 heavy (non-hydrogen) atoms. The van der Waals surface area contributed by atoms with Gasteiger partial charge in [-0.3, -0.25) is 5.41 Å². The van der Waals surface area contributed by atoms with Gasteiger partial charge in [0.15, 0.2) is 0 Å². The molecule has 1 atom stereocenters. The second kappa shape index (κ2) is 6.61. The van der Waals surface area contributed by atoms with Crippen molar-refractivity contribution in [2.24, 2.45) is 0 Å². The van der Waals surface area contributed by atoms with Crippen molar-refractivity contribution in [3.8, 4) is 6.07 Å². The highest BCUT2D eigenvalue weighted by Gasteiger charge is 2.25. The van der Waals surface area contributed by atoms with Crippen LogP contribution in [-0.4, -0.2) is 10.9 Å². The summed E-state index contributed by atoms with van der Waals surface area (Å²) in [6, 6.07) is 12.0. The van der Waals surface area contributed by atoms with Gasteiger partial charge in [0.05, 0.1) is 35.1 Å². The van der Waals surface area contributed by atoms with Gasteiger partial charge in [-0.15, -0.1) is 0 Å². The van der Waals surface area contributed by atoms with Crippen molar-refractivity contribution in [2.45, 2.75) is 25.8 Å². The third-order valence-electron chi connectivity index (χ3n) is 5.20. The Labute approximate surface area is 157 Å². The third kappa shape index (κ3) is 2.93. The second-order valence-electron chi connectivity index (χ2n) is 6.74. The van der Waals surface area contributed by atoms with Crippen LogP contribution >= 0.6 is 0 Å². The van der Waals surface area contributed by atoms with Crippen LogP contribution in [0.25, 0.3) is 0 Å². The lowest BCUT2D eigenvalue weighted by Crippen LogP contribution is -2.10. The molecule has 6 nitrogen and oxygen atoms in total. The summed E-state index contributed by atoms with van der Waals surface area (Å²) in [4.78, 5) is 0. The number of anilines is 2. The first-order chi connectivity index (χ1) is 13.1. The molecule has 0 saturated heterocycles. The predicted molar refractivity (Wildman–Crippen MR) is 104 cm³/mol. The third-order valence-corrected chi connectivity index (χ3v) is 5.20. The van der Waals surface area contributed by atoms with E-state index in [0.717, 1.165) is 29.7 Å². The SMILES string of the molecule is Cc1c(C#N)ccc2c1CC[C@H]2Nc1ccc(N)c(C(=N)c2cnoc2)c1. The summed E-state index contributed by atoms with van der Waals surface area (Å²) in [5, 5.41) is 24.8. The molecule has 0 saturated carbocycles. The molecule has 0 amide bonds. The van der Waals surface area contributed by atoms with Crippen LogP contribution in [0.5, 0.6) is 0 Å². The first kappa shape index (κ1) is 16.9. The fourth-order valence-corrected chi connectivity index (χ4v) is 3.70. The summed E-state index contributed by atoms with van der Waals surface area (Å²) in [5.41, 5.74) is 13.3. The molecule has 1 aliphatic rings. The molecule has 1 heterocycles. The van der Waals surface area contributed by atoms with Gasteiger partial charge in [0, 0.05) is 16.9 Å². The maximum absolute atomic E-state index is 9.23. The van der Waals surface area contributed by atoms with Gasteiger partial charge in [-0.05, 0) is 60.7 Å². The first-order valence-electron chi connectivity index (χ1n) is 8.75. The van der Waals surface area contributed by atoms with Gasteiger partial charge in [0.1, 0.15) is 6.26 Å². The zero-order valence-corrected chi connectivity index (χ0v) is 14.9. The minimum atomic E-state index is 0.174. The Morgan fingerprint density at radius 1 is 1.37 bits per heavy atom. The van der Waals surface area contributed by atoms with Crippen LogP contribution in [0, 0.1) is 23.7 Å². The van der Waals surface area contributed by atoms with E-state index < -0.39 is 0 Å². The van der Waals surface area contributed by atoms with Gasteiger partial charge >= 0.3 is 0 Å². The molecule has 6 heteroatoms. The Morgan fingerprint density at radius 2 is 2.22 bits per heavy atom. The molecule has 0 radical (unpaired) electrons. The summed E-state index contributed by atoms with van der Waals surface area (Å²) >= 11 is 0. The van der Waals surface area contributed by atoms with Crippen LogP contribution in [-0.2, 0) is 6.42 Å². The fraction of sp³-hybridized carbons (Fsp3) is 0.190. The Kier molecular flexibility index (Phi) is 4.13. The Morgan fingerprint density at radius 3 is 2.96 bits per heavy atom. The van der Waals surface area contributed by atoms with Crippen molar-refractivity contribution in [1.29, 1.82) is 10.7 Å². The van der Waals surface area contributed by atoms with Crippen LogP contribution in [0.3, 0.4) is 0 Å². The molecule has 3 aromatic rings. The fourth-order valence-electron chi connectivity index (χ4n) is 3.70. The van der Waals surface area contributed by atoms with E-state index in [-0.39, 0.29) is 11.8 Å². The first-order valence-corrected chi connectivity index (χ1v) is 8.75. The van der Waals surface area contributed by atoms with Gasteiger partial charge in [0.2, 0.25) is 0 Å². The molecule has 4 rings (SSSR count). The second-order valence-corrected chi connectivity index (χ2v) is 6.74. The number of fused-ring (bicyclic) bond motifs is 1. The normalized spacial score (nSPS) is 15.2. The molecule has 1 aromatic heterocycles. The van der Waals surface area contributed by atoms with Crippen LogP contribution in [0.1, 0.15) is 45.8 Å². The smallest absolute Gasteiger partial charge is 0.133 e. The minimum Gasteiger partial charge on any atom is -0.398 e. The minimum absolute atomic E-state index is 0.174. The van der Waals surface area contributed by atoms with E-state index >= 15 is 0 Å². The Balaban J connectivity index is 1.62. The average molecular weight is 357 g/mol. The zero-order valence-electron chi connectivity index (χ0n) is 14.9. The standard InChI is InChI=1S/C21H19N5O/c1-12-13(9-22)2-4-17-16(12)5-7-20(17)26-15-3-6-19(23)18(8-15)21(24)14-10-25-27-11-14/h2-4,6,8,10-11,20,24,26H,5,7,23H2,1H3/t20-/m1/s1. The maximum Gasteiger partial charge on any atom is 0.133 e. The molecule has 0 bridgehead atoms. The number of nitrogens with two attached hydrogens (primary N) is 1. The number of nitrogens with one attached hydrogen (secondary N) is 2. The molecular formula is C21H19N5O. The number of benzene rings is 2. The summed E-state index contributed by atoms with van der Waals surface area (Å²) in [6.45, 7) is 2.02. The quantitative estimate of drug-likeness (QED) is 0.483. The van der Waals surface area contributed by atoms with Gasteiger partial charge in [-0.2, -0.15) is 5.26 Å². The van der Waals surface area contributed by atoms with E-state index in [4.69, 9.17) is 15.7 Å². The number of aromatic nitrogens is 1. The maximum atomic E-state index is 9.23. The highest BCUT2D eigenvalue weighted by atomic mass is 16.5. The molecule has 0 aliphatic heterocycles. The molecule has 134 valence electrons. The predicted octanol–water partition coefficient (Wildman–Crippen LogP) is 3.95. The average Bonchev–Trinajstić information content (AvgIpc) is 3.34. The Hall–Kier alpha value is -3.59. The Bertz CT molecular complexity index is 1060. The summed E-state index contributed by atoms with van der Waals surface area (Å²) in [6.07, 6.45) is 4.86. The van der Waals surface area contributed by atoms with Crippen molar-refractivity contribution in [2.75, 3.05) is 11.1 Å². The molecule has 0 unspecified atom stereocenters. The van der Waals surface area contributed by atoms with E-state index in [9.17, 15) is 5.26 Å². The lowest BCUT2D eigenvalue weighted by molar-refractivity contribution is 0.419. The number of nitrogen functional groups attached to an aromatic ring is 1. The van der Waals surface area contributed by atoms with E-state index in [1.54, 1.807) is 6.07 Å². The molecule has 4 N–H and O–H groups in total. The number of hydrogen-bond donors (Lipinski definition) is 3. The summed E-state index contributed by atoms with van der Waals surface area (Å²) < 4.78 is 4.83. The van der Waals surface area contributed by atoms with Crippen molar-refractivity contribution < 1.29 is 4.52 Å². The molecule has 2 aromatic carbocycles. The lowest BCUT2D eigenvalue weighted by atomic mass is 9.98. The monoisotopic (exact) mass is 357 g/mol. The summed E-state index contributed by atoms with van der Waals surface area (Å²) in [7, 11) is 0. The zero-order chi connectivity index (χ0) is 19.0. The largest absolute Gasteiger partial charge is 0.398 e. The van der Waals surface area contributed by atoms with Gasteiger partial charge in [-0.25, -0.2) is 0 Å². The molecule has 0 spiro atoms. The highest BCUT2D eigenvalue weighted by Crippen LogP contribution is 2.37. The van der Waals surface area contributed by atoms with Crippen molar-refractivity contribution in [3.05, 3.63) is 76.2 Å². The van der Waals surface area contributed by atoms with Crippen LogP contribution in [0.2, 0.25) is 0 Å². The number of hydrogen-bond acceptors (Lipinski definition) is 6. The van der Waals surface area contributed by atoms with Crippen LogP contribution < -0.4 is 11.1 Å². The van der Waals surface area contributed by atoms with Crippen molar-refractivity contribution >= 4 is 17.1 Å². The highest BCUT2D eigenvalue weighted by molar-refractivity contribution is 6.13. The number of rotatable bonds is 4. The van der Waals surface area contributed by atoms with Crippen molar-refractivity contribution in [3.63, 3.8) is 0 Å². The van der Waals surface area contributed by atoms with E-state index in [1.807, 2.05) is 31.2 Å². The lowest BCUT2D eigenvalue weighted by Gasteiger charge is -2.18. The molecule has 1 aliphatic carbocycles. The topological polar surface area (TPSA) is 112 Å². The van der Waals surface area contributed by atoms with E-state index in [1.165, 1.54) is 23.6 Å².